The lowest BCUT2D eigenvalue weighted by Crippen LogP contribution is -2.33. The lowest BCUT2D eigenvalue weighted by Gasteiger charge is -2.06. The monoisotopic (exact) mass is 223 g/mol. The molecule has 16 heavy (non-hydrogen) atoms. The second-order valence-corrected chi connectivity index (χ2v) is 3.01. The molecule has 6 heteroatoms. The predicted octanol–water partition coefficient (Wildman–Crippen LogP) is 0.563. The van der Waals surface area contributed by atoms with Crippen molar-refractivity contribution in [3.8, 4) is 0 Å². The Bertz CT molecular complexity index is 375. The summed E-state index contributed by atoms with van der Waals surface area (Å²) in [6, 6.07) is 6.17. The number of ether oxygens (including phenoxy) is 1. The van der Waals surface area contributed by atoms with Gasteiger partial charge in [-0.05, 0) is 24.3 Å². The van der Waals surface area contributed by atoms with Crippen LogP contribution < -0.4 is 16.4 Å². The highest BCUT2D eigenvalue weighted by molar-refractivity contribution is 5.91. The Morgan fingerprint density at radius 2 is 1.94 bits per heavy atom. The van der Waals surface area contributed by atoms with Crippen LogP contribution in [0.15, 0.2) is 24.3 Å². The van der Waals surface area contributed by atoms with Crippen molar-refractivity contribution in [3.63, 3.8) is 0 Å². The van der Waals surface area contributed by atoms with Gasteiger partial charge in [-0.15, -0.1) is 0 Å². The number of methoxy groups -OCH3 is 1. The molecule has 0 heterocycles. The van der Waals surface area contributed by atoms with E-state index < -0.39 is 12.0 Å². The van der Waals surface area contributed by atoms with Crippen LogP contribution in [0.4, 0.5) is 16.2 Å². The number of hydrogen-bond donors (Lipinski definition) is 3. The Morgan fingerprint density at radius 1 is 1.31 bits per heavy atom. The van der Waals surface area contributed by atoms with E-state index in [1.807, 2.05) is 0 Å². The molecule has 0 radical (unpaired) electrons. The smallest absolute Gasteiger partial charge is 0.325 e. The SMILES string of the molecule is COC(=O)CNC(=O)Nc1ccc(N)cc1. The van der Waals surface area contributed by atoms with E-state index in [1.54, 1.807) is 24.3 Å². The third-order valence-electron chi connectivity index (χ3n) is 1.79. The van der Waals surface area contributed by atoms with Gasteiger partial charge in [-0.25, -0.2) is 4.79 Å². The first-order valence-corrected chi connectivity index (χ1v) is 4.59. The maximum Gasteiger partial charge on any atom is 0.325 e. The zero-order chi connectivity index (χ0) is 12.0. The third-order valence-corrected chi connectivity index (χ3v) is 1.79. The van der Waals surface area contributed by atoms with Crippen molar-refractivity contribution in [1.82, 2.24) is 5.32 Å². The Hall–Kier alpha value is -2.24. The van der Waals surface area contributed by atoms with Crippen LogP contribution in [0, 0.1) is 0 Å². The summed E-state index contributed by atoms with van der Waals surface area (Å²) in [5.74, 6) is -0.507. The van der Waals surface area contributed by atoms with Crippen molar-refractivity contribution in [1.29, 1.82) is 0 Å². The van der Waals surface area contributed by atoms with Crippen molar-refractivity contribution < 1.29 is 14.3 Å². The summed E-state index contributed by atoms with van der Waals surface area (Å²) < 4.78 is 4.37. The van der Waals surface area contributed by atoms with Crippen molar-refractivity contribution in [2.24, 2.45) is 0 Å². The second kappa shape index (κ2) is 5.59. The molecule has 2 amide bonds. The van der Waals surface area contributed by atoms with Crippen molar-refractivity contribution in [2.45, 2.75) is 0 Å². The molecule has 0 atom stereocenters. The zero-order valence-electron chi connectivity index (χ0n) is 8.82. The number of esters is 1. The first-order chi connectivity index (χ1) is 7.61. The fourth-order valence-corrected chi connectivity index (χ4v) is 0.966. The Morgan fingerprint density at radius 3 is 2.50 bits per heavy atom. The van der Waals surface area contributed by atoms with Crippen LogP contribution in [-0.2, 0) is 9.53 Å². The van der Waals surface area contributed by atoms with E-state index >= 15 is 0 Å². The molecule has 6 nitrogen and oxygen atoms in total. The fourth-order valence-electron chi connectivity index (χ4n) is 0.966. The van der Waals surface area contributed by atoms with Crippen LogP contribution in [0.3, 0.4) is 0 Å². The number of rotatable bonds is 3. The minimum atomic E-state index is -0.507. The van der Waals surface area contributed by atoms with Gasteiger partial charge in [0, 0.05) is 11.4 Å². The van der Waals surface area contributed by atoms with Crippen molar-refractivity contribution >= 4 is 23.4 Å². The van der Waals surface area contributed by atoms with Gasteiger partial charge in [-0.1, -0.05) is 0 Å². The summed E-state index contributed by atoms with van der Waals surface area (Å²) in [4.78, 5) is 22.0. The number of hydrogen-bond acceptors (Lipinski definition) is 4. The van der Waals surface area contributed by atoms with Gasteiger partial charge < -0.3 is 21.1 Å². The van der Waals surface area contributed by atoms with Gasteiger partial charge in [0.1, 0.15) is 6.54 Å². The van der Waals surface area contributed by atoms with Gasteiger partial charge in [-0.3, -0.25) is 4.79 Å². The quantitative estimate of drug-likeness (QED) is 0.515. The van der Waals surface area contributed by atoms with E-state index in [-0.39, 0.29) is 6.54 Å². The number of nitrogen functional groups attached to an aromatic ring is 1. The Balaban J connectivity index is 2.40. The molecule has 0 aromatic heterocycles. The van der Waals surface area contributed by atoms with Crippen molar-refractivity contribution in [2.75, 3.05) is 24.7 Å². The third kappa shape index (κ3) is 3.87. The summed E-state index contributed by atoms with van der Waals surface area (Å²) in [5, 5.41) is 4.88. The molecule has 0 saturated heterocycles. The lowest BCUT2D eigenvalue weighted by atomic mass is 10.3. The second-order valence-electron chi connectivity index (χ2n) is 3.01. The molecular weight excluding hydrogens is 210 g/mol. The van der Waals surface area contributed by atoms with E-state index in [9.17, 15) is 9.59 Å². The molecule has 0 spiro atoms. The molecule has 1 rings (SSSR count). The number of urea groups is 1. The summed E-state index contributed by atoms with van der Waals surface area (Å²) in [5.41, 5.74) is 6.69. The van der Waals surface area contributed by atoms with E-state index in [0.29, 0.717) is 11.4 Å². The number of anilines is 2. The number of nitrogens with one attached hydrogen (secondary N) is 2. The topological polar surface area (TPSA) is 93.4 Å². The summed E-state index contributed by atoms with van der Waals surface area (Å²) in [7, 11) is 1.25. The van der Waals surface area contributed by atoms with Crippen LogP contribution in [0.5, 0.6) is 0 Å². The Labute approximate surface area is 92.8 Å². The first kappa shape index (κ1) is 11.8. The number of carbonyl (C=O) groups is 2. The standard InChI is InChI=1S/C10H13N3O3/c1-16-9(14)6-12-10(15)13-8-4-2-7(11)3-5-8/h2-5H,6,11H2,1H3,(H2,12,13,15). The maximum atomic E-state index is 11.3. The molecule has 0 aliphatic heterocycles. The largest absolute Gasteiger partial charge is 0.468 e. The molecule has 0 aliphatic carbocycles. The van der Waals surface area contributed by atoms with E-state index in [1.165, 1.54) is 7.11 Å². The van der Waals surface area contributed by atoms with E-state index in [2.05, 4.69) is 15.4 Å². The summed E-state index contributed by atoms with van der Waals surface area (Å²) >= 11 is 0. The predicted molar refractivity (Wildman–Crippen MR) is 59.9 cm³/mol. The molecule has 0 saturated carbocycles. The minimum absolute atomic E-state index is 0.169. The summed E-state index contributed by atoms with van der Waals surface area (Å²) in [6.45, 7) is -0.169. The average Bonchev–Trinajstić information content (AvgIpc) is 2.29. The first-order valence-electron chi connectivity index (χ1n) is 4.59. The molecule has 86 valence electrons. The summed E-state index contributed by atoms with van der Waals surface area (Å²) in [6.07, 6.45) is 0. The number of benzene rings is 1. The van der Waals surface area contributed by atoms with Gasteiger partial charge >= 0.3 is 12.0 Å². The fraction of sp³-hybridized carbons (Fsp3) is 0.200. The molecule has 0 unspecified atom stereocenters. The normalized spacial score (nSPS) is 9.31. The zero-order valence-corrected chi connectivity index (χ0v) is 8.82. The molecule has 0 aliphatic rings. The van der Waals surface area contributed by atoms with Gasteiger partial charge in [0.2, 0.25) is 0 Å². The van der Waals surface area contributed by atoms with Crippen LogP contribution >= 0.6 is 0 Å². The molecule has 0 bridgehead atoms. The Kier molecular flexibility index (Phi) is 4.14. The molecule has 0 fully saturated rings. The maximum absolute atomic E-state index is 11.3. The molecule has 4 N–H and O–H groups in total. The van der Waals surface area contributed by atoms with Gasteiger partial charge in [0.15, 0.2) is 0 Å². The molecule has 1 aromatic carbocycles. The minimum Gasteiger partial charge on any atom is -0.468 e. The number of amides is 2. The van der Waals surface area contributed by atoms with E-state index in [4.69, 9.17) is 5.73 Å². The highest BCUT2D eigenvalue weighted by atomic mass is 16.5. The number of carbonyl (C=O) groups excluding carboxylic acids is 2. The van der Waals surface area contributed by atoms with Crippen LogP contribution in [0.1, 0.15) is 0 Å². The lowest BCUT2D eigenvalue weighted by molar-refractivity contribution is -0.139. The molecule has 1 aromatic rings. The van der Waals surface area contributed by atoms with E-state index in [0.717, 1.165) is 0 Å². The number of nitrogens with two attached hydrogens (primary N) is 1. The van der Waals surface area contributed by atoms with Gasteiger partial charge in [0.25, 0.3) is 0 Å². The highest BCUT2D eigenvalue weighted by Gasteiger charge is 2.04. The van der Waals surface area contributed by atoms with Crippen LogP contribution in [-0.4, -0.2) is 25.7 Å². The van der Waals surface area contributed by atoms with Crippen LogP contribution in [0.25, 0.3) is 0 Å². The van der Waals surface area contributed by atoms with Crippen molar-refractivity contribution in [3.05, 3.63) is 24.3 Å². The average molecular weight is 223 g/mol. The molecular formula is C10H13N3O3. The highest BCUT2D eigenvalue weighted by Crippen LogP contribution is 2.09. The van der Waals surface area contributed by atoms with Gasteiger partial charge in [-0.2, -0.15) is 0 Å². The van der Waals surface area contributed by atoms with Crippen LogP contribution in [0.2, 0.25) is 0 Å². The van der Waals surface area contributed by atoms with Gasteiger partial charge in [0.05, 0.1) is 7.11 Å².